The van der Waals surface area contributed by atoms with Gasteiger partial charge in [-0.1, -0.05) is 12.8 Å². The lowest BCUT2D eigenvalue weighted by molar-refractivity contribution is -0.147. The minimum Gasteiger partial charge on any atom is -0.481 e. The maximum Gasteiger partial charge on any atom is 0.320 e. The number of carboxylic acid groups (broad SMARTS) is 1. The number of carbonyl (C=O) groups is 2. The van der Waals surface area contributed by atoms with E-state index in [1.165, 1.54) is 12.8 Å². The molecular weight excluding hydrogens is 244 g/mol. The molecule has 108 valence electrons. The monoisotopic (exact) mass is 268 g/mol. The molecule has 1 atom stereocenters. The van der Waals surface area contributed by atoms with Gasteiger partial charge in [-0.2, -0.15) is 0 Å². The van der Waals surface area contributed by atoms with Gasteiger partial charge in [0.2, 0.25) is 0 Å². The van der Waals surface area contributed by atoms with E-state index in [4.69, 9.17) is 0 Å². The van der Waals surface area contributed by atoms with Gasteiger partial charge >= 0.3 is 12.0 Å². The van der Waals surface area contributed by atoms with Crippen molar-refractivity contribution in [3.05, 3.63) is 0 Å². The third-order valence-electron chi connectivity index (χ3n) is 4.61. The highest BCUT2D eigenvalue weighted by molar-refractivity contribution is 5.79. The van der Waals surface area contributed by atoms with Crippen molar-refractivity contribution in [2.45, 2.75) is 52.0 Å². The number of hydrogen-bond acceptors (Lipinski definition) is 2. The quantitative estimate of drug-likeness (QED) is 0.853. The summed E-state index contributed by atoms with van der Waals surface area (Å²) in [4.78, 5) is 27.4. The summed E-state index contributed by atoms with van der Waals surface area (Å²) in [5.41, 5.74) is -0.773. The van der Waals surface area contributed by atoms with E-state index in [0.717, 1.165) is 12.8 Å². The number of carbonyl (C=O) groups excluding carboxylic acids is 1. The van der Waals surface area contributed by atoms with Gasteiger partial charge in [0.1, 0.15) is 0 Å². The van der Waals surface area contributed by atoms with Crippen molar-refractivity contribution in [3.8, 4) is 0 Å². The highest BCUT2D eigenvalue weighted by Crippen LogP contribution is 2.32. The van der Waals surface area contributed by atoms with Crippen molar-refractivity contribution in [3.63, 3.8) is 0 Å². The van der Waals surface area contributed by atoms with Gasteiger partial charge in [-0.15, -0.1) is 0 Å². The molecule has 1 N–H and O–H groups in total. The number of likely N-dealkylation sites (tertiary alicyclic amines) is 1. The van der Waals surface area contributed by atoms with Gasteiger partial charge < -0.3 is 14.9 Å². The normalized spacial score (nSPS) is 27.8. The summed E-state index contributed by atoms with van der Waals surface area (Å²) in [5.74, 6) is -0.799. The second-order valence-electron chi connectivity index (χ2n) is 6.04. The van der Waals surface area contributed by atoms with Crippen LogP contribution >= 0.6 is 0 Å². The van der Waals surface area contributed by atoms with Gasteiger partial charge in [0.15, 0.2) is 0 Å². The molecule has 2 amide bonds. The van der Waals surface area contributed by atoms with Gasteiger partial charge in [0, 0.05) is 25.7 Å². The van der Waals surface area contributed by atoms with Crippen LogP contribution in [0.2, 0.25) is 0 Å². The Morgan fingerprint density at radius 3 is 2.47 bits per heavy atom. The van der Waals surface area contributed by atoms with Crippen molar-refractivity contribution < 1.29 is 14.7 Å². The number of urea groups is 1. The highest BCUT2D eigenvalue weighted by Gasteiger charge is 2.43. The Bertz CT molecular complexity index is 366. The zero-order valence-corrected chi connectivity index (χ0v) is 11.9. The molecule has 0 aromatic rings. The zero-order valence-electron chi connectivity index (χ0n) is 11.9. The molecule has 0 aromatic heterocycles. The van der Waals surface area contributed by atoms with Crippen molar-refractivity contribution in [1.82, 2.24) is 9.80 Å². The second-order valence-corrected chi connectivity index (χ2v) is 6.04. The fourth-order valence-electron chi connectivity index (χ4n) is 3.25. The fourth-order valence-corrected chi connectivity index (χ4v) is 3.25. The lowest BCUT2D eigenvalue weighted by Gasteiger charge is -2.32. The van der Waals surface area contributed by atoms with Gasteiger partial charge in [-0.3, -0.25) is 4.79 Å². The van der Waals surface area contributed by atoms with E-state index < -0.39 is 11.4 Å². The molecule has 0 aromatic carbocycles. The van der Waals surface area contributed by atoms with E-state index in [1.54, 1.807) is 11.8 Å². The third-order valence-corrected chi connectivity index (χ3v) is 4.61. The highest BCUT2D eigenvalue weighted by atomic mass is 16.4. The van der Waals surface area contributed by atoms with Crippen LogP contribution in [0.5, 0.6) is 0 Å². The Kier molecular flexibility index (Phi) is 4.02. The van der Waals surface area contributed by atoms with Crippen LogP contribution in [0.15, 0.2) is 0 Å². The SMILES string of the molecule is CCN(C(=O)N1CCC(C)(C(=O)O)C1)C1CCCC1. The molecule has 1 saturated carbocycles. The smallest absolute Gasteiger partial charge is 0.320 e. The first kappa shape index (κ1) is 14.2. The lowest BCUT2D eigenvalue weighted by Crippen LogP contribution is -2.47. The van der Waals surface area contributed by atoms with Crippen LogP contribution in [0, 0.1) is 5.41 Å². The Morgan fingerprint density at radius 1 is 1.37 bits per heavy atom. The van der Waals surface area contributed by atoms with Gasteiger partial charge in [0.25, 0.3) is 0 Å². The average Bonchev–Trinajstić information content (AvgIpc) is 3.00. The average molecular weight is 268 g/mol. The minimum absolute atomic E-state index is 0.0272. The van der Waals surface area contributed by atoms with E-state index >= 15 is 0 Å². The first-order chi connectivity index (χ1) is 8.98. The van der Waals surface area contributed by atoms with Crippen molar-refractivity contribution in [2.75, 3.05) is 19.6 Å². The Morgan fingerprint density at radius 2 is 2.00 bits per heavy atom. The number of rotatable bonds is 3. The zero-order chi connectivity index (χ0) is 14.0. The molecule has 1 aliphatic heterocycles. The molecule has 1 heterocycles. The predicted octanol–water partition coefficient (Wildman–Crippen LogP) is 2.17. The van der Waals surface area contributed by atoms with E-state index in [1.807, 2.05) is 11.8 Å². The summed E-state index contributed by atoms with van der Waals surface area (Å²) in [6.07, 6.45) is 5.12. The fraction of sp³-hybridized carbons (Fsp3) is 0.857. The minimum atomic E-state index is -0.799. The molecule has 0 bridgehead atoms. The number of hydrogen-bond donors (Lipinski definition) is 1. The molecule has 5 heteroatoms. The van der Waals surface area contributed by atoms with Crippen molar-refractivity contribution in [1.29, 1.82) is 0 Å². The molecular formula is C14H24N2O3. The van der Waals surface area contributed by atoms with Crippen LogP contribution in [0.25, 0.3) is 0 Å². The molecule has 1 unspecified atom stereocenters. The summed E-state index contributed by atoms with van der Waals surface area (Å²) in [6.45, 7) is 5.34. The van der Waals surface area contributed by atoms with Crippen molar-refractivity contribution >= 4 is 12.0 Å². The predicted molar refractivity (Wildman–Crippen MR) is 72.0 cm³/mol. The first-order valence-electron chi connectivity index (χ1n) is 7.27. The summed E-state index contributed by atoms with van der Waals surface area (Å²) in [5, 5.41) is 9.23. The summed E-state index contributed by atoms with van der Waals surface area (Å²) >= 11 is 0. The van der Waals surface area contributed by atoms with E-state index in [0.29, 0.717) is 32.1 Å². The van der Waals surface area contributed by atoms with Gasteiger partial charge in [-0.25, -0.2) is 4.79 Å². The summed E-state index contributed by atoms with van der Waals surface area (Å²) < 4.78 is 0. The summed E-state index contributed by atoms with van der Waals surface area (Å²) in [7, 11) is 0. The maximum absolute atomic E-state index is 12.5. The van der Waals surface area contributed by atoms with E-state index in [2.05, 4.69) is 0 Å². The van der Waals surface area contributed by atoms with Crippen molar-refractivity contribution in [2.24, 2.45) is 5.41 Å². The van der Waals surface area contributed by atoms with E-state index in [-0.39, 0.29) is 6.03 Å². The van der Waals surface area contributed by atoms with Gasteiger partial charge in [0.05, 0.1) is 5.41 Å². The maximum atomic E-state index is 12.5. The third kappa shape index (κ3) is 2.69. The standard InChI is InChI=1S/C14H24N2O3/c1-3-16(11-6-4-5-7-11)13(19)15-9-8-14(2,10-15)12(17)18/h11H,3-10H2,1-2H3,(H,17,18). The van der Waals surface area contributed by atoms with Gasteiger partial charge in [-0.05, 0) is 33.1 Å². The molecule has 2 fully saturated rings. The molecule has 0 radical (unpaired) electrons. The van der Waals surface area contributed by atoms with Crippen LogP contribution < -0.4 is 0 Å². The second kappa shape index (κ2) is 5.39. The molecule has 0 spiro atoms. The van der Waals surface area contributed by atoms with Crippen LogP contribution in [0.4, 0.5) is 4.79 Å². The Hall–Kier alpha value is -1.26. The molecule has 2 rings (SSSR count). The molecule has 5 nitrogen and oxygen atoms in total. The van der Waals surface area contributed by atoms with Crippen LogP contribution in [-0.4, -0.2) is 52.6 Å². The lowest BCUT2D eigenvalue weighted by atomic mass is 9.90. The molecule has 2 aliphatic rings. The molecule has 1 saturated heterocycles. The Balaban J connectivity index is 2.01. The number of aliphatic carboxylic acids is 1. The number of amides is 2. The topological polar surface area (TPSA) is 60.9 Å². The molecule has 1 aliphatic carbocycles. The van der Waals surface area contributed by atoms with E-state index in [9.17, 15) is 14.7 Å². The first-order valence-corrected chi connectivity index (χ1v) is 7.27. The van der Waals surface area contributed by atoms with Crippen LogP contribution in [-0.2, 0) is 4.79 Å². The van der Waals surface area contributed by atoms with Crippen LogP contribution in [0.1, 0.15) is 46.0 Å². The number of nitrogens with zero attached hydrogens (tertiary/aromatic N) is 2. The Labute approximate surface area is 114 Å². The van der Waals surface area contributed by atoms with Crippen LogP contribution in [0.3, 0.4) is 0 Å². The largest absolute Gasteiger partial charge is 0.481 e. The molecule has 19 heavy (non-hydrogen) atoms. The summed E-state index contributed by atoms with van der Waals surface area (Å²) in [6, 6.07) is 0.383. The number of carboxylic acids is 1.